The third kappa shape index (κ3) is 5.13. The average molecular weight is 585 g/mol. The van der Waals surface area contributed by atoms with Crippen molar-refractivity contribution in [1.29, 1.82) is 0 Å². The summed E-state index contributed by atoms with van der Waals surface area (Å²) < 4.78 is 95.5. The molecule has 0 saturated heterocycles. The first-order valence-electron chi connectivity index (χ1n) is 12.3. The predicted octanol–water partition coefficient (Wildman–Crippen LogP) is 5.44. The van der Waals surface area contributed by atoms with Crippen molar-refractivity contribution in [2.45, 2.75) is 51.1 Å². The number of alkyl halides is 6. The van der Waals surface area contributed by atoms with Gasteiger partial charge in [-0.15, -0.1) is 0 Å². The van der Waals surface area contributed by atoms with Crippen LogP contribution in [0.25, 0.3) is 0 Å². The first kappa shape index (κ1) is 29.9. The van der Waals surface area contributed by atoms with Gasteiger partial charge < -0.3 is 19.7 Å². The van der Waals surface area contributed by atoms with Gasteiger partial charge in [0.1, 0.15) is 0 Å². The molecule has 7 nitrogen and oxygen atoms in total. The van der Waals surface area contributed by atoms with Gasteiger partial charge in [0, 0.05) is 23.2 Å². The van der Waals surface area contributed by atoms with Gasteiger partial charge in [0.2, 0.25) is 5.54 Å². The maximum absolute atomic E-state index is 15.1. The summed E-state index contributed by atoms with van der Waals surface area (Å²) in [6.07, 6.45) is -10.9. The molecule has 0 spiro atoms. The third-order valence-corrected chi connectivity index (χ3v) is 7.11. The van der Waals surface area contributed by atoms with E-state index in [2.05, 4.69) is 0 Å². The number of nitrogens with zero attached hydrogens (tertiary/aromatic N) is 1. The summed E-state index contributed by atoms with van der Waals surface area (Å²) in [4.78, 5) is 41.1. The normalized spacial score (nSPS) is 20.7. The summed E-state index contributed by atoms with van der Waals surface area (Å²) >= 11 is 0. The minimum atomic E-state index is -5.54. The molecule has 0 saturated carbocycles. The lowest BCUT2D eigenvalue weighted by molar-refractivity contribution is -0.190. The molecule has 0 unspecified atom stereocenters. The predicted molar refractivity (Wildman–Crippen MR) is 133 cm³/mol. The number of methoxy groups -OCH3 is 2. The van der Waals surface area contributed by atoms with Gasteiger partial charge in [-0.25, -0.2) is 0 Å². The minimum absolute atomic E-state index is 0.122. The van der Waals surface area contributed by atoms with Crippen LogP contribution in [0, 0.1) is 5.41 Å². The molecule has 0 aromatic heterocycles. The number of hydrogen-bond donors (Lipinski definition) is 1. The van der Waals surface area contributed by atoms with Crippen LogP contribution in [0.5, 0.6) is 11.5 Å². The number of allylic oxidation sites excluding steroid dienone is 1. The van der Waals surface area contributed by atoms with Crippen molar-refractivity contribution >= 4 is 17.6 Å². The lowest BCUT2D eigenvalue weighted by Crippen LogP contribution is -2.66. The second-order valence-electron chi connectivity index (χ2n) is 10.6. The molecule has 0 radical (unpaired) electrons. The fourth-order valence-electron chi connectivity index (χ4n) is 5.32. The van der Waals surface area contributed by atoms with E-state index in [9.17, 15) is 27.6 Å². The van der Waals surface area contributed by atoms with Crippen LogP contribution in [0.2, 0.25) is 0 Å². The quantitative estimate of drug-likeness (QED) is 0.458. The molecule has 41 heavy (non-hydrogen) atoms. The van der Waals surface area contributed by atoms with Gasteiger partial charge in [-0.3, -0.25) is 14.4 Å². The number of rotatable bonds is 6. The number of amides is 2. The van der Waals surface area contributed by atoms with Crippen LogP contribution in [-0.4, -0.2) is 48.4 Å². The molecule has 220 valence electrons. The van der Waals surface area contributed by atoms with E-state index in [0.29, 0.717) is 12.1 Å². The number of para-hydroxylation sites is 1. The van der Waals surface area contributed by atoms with E-state index >= 15 is 13.2 Å². The molecule has 0 bridgehead atoms. The van der Waals surface area contributed by atoms with Crippen molar-refractivity contribution in [3.63, 3.8) is 0 Å². The highest BCUT2D eigenvalue weighted by Gasteiger charge is 2.71. The molecule has 1 heterocycles. The lowest BCUT2D eigenvalue weighted by atomic mass is 9.72. The molecule has 2 amide bonds. The molecule has 1 aliphatic carbocycles. The number of nitrogens with one attached hydrogen (secondary N) is 1. The summed E-state index contributed by atoms with van der Waals surface area (Å²) in [5.74, 6) is -3.89. The van der Waals surface area contributed by atoms with E-state index < -0.39 is 64.1 Å². The van der Waals surface area contributed by atoms with Crippen LogP contribution in [0.3, 0.4) is 0 Å². The molecular weight excluding hydrogens is 558 g/mol. The number of carbonyl (C=O) groups is 3. The summed E-state index contributed by atoms with van der Waals surface area (Å²) in [6, 6.07) is 7.34. The molecule has 1 aliphatic heterocycles. The van der Waals surface area contributed by atoms with E-state index in [-0.39, 0.29) is 35.6 Å². The van der Waals surface area contributed by atoms with Gasteiger partial charge in [-0.05, 0) is 36.1 Å². The second-order valence-corrected chi connectivity index (χ2v) is 10.6. The fraction of sp³-hybridized carbons (Fsp3) is 0.393. The van der Waals surface area contributed by atoms with E-state index in [1.54, 1.807) is 25.2 Å². The Bertz CT molecular complexity index is 1450. The molecule has 4 rings (SSSR count). The van der Waals surface area contributed by atoms with Crippen molar-refractivity contribution in [1.82, 2.24) is 10.2 Å². The molecule has 0 fully saturated rings. The van der Waals surface area contributed by atoms with Gasteiger partial charge in [-0.1, -0.05) is 32.0 Å². The molecule has 1 atom stereocenters. The smallest absolute Gasteiger partial charge is 0.425 e. The highest BCUT2D eigenvalue weighted by Crippen LogP contribution is 2.52. The molecule has 13 heteroatoms. The standard InChI is InChI=1S/C28H26F6N2O5/c1-25(2)12-18-21(19(37)13-25)26(28(32,33)34,35-23(38)15-7-5-9-17(11-15)27(29,30)31)24(39)36(18)14-16-8-6-10-20(40-3)22(16)41-4/h5-11H,12-14H2,1-4H3,(H,35,38)/t26-/m1/s1. The Morgan fingerprint density at radius 1 is 0.976 bits per heavy atom. The summed E-state index contributed by atoms with van der Waals surface area (Å²) in [5.41, 5.74) is -7.63. The largest absolute Gasteiger partial charge is 0.493 e. The van der Waals surface area contributed by atoms with Gasteiger partial charge in [0.05, 0.1) is 31.9 Å². The van der Waals surface area contributed by atoms with Crippen LogP contribution in [0.1, 0.15) is 48.2 Å². The van der Waals surface area contributed by atoms with Crippen LogP contribution in [-0.2, 0) is 22.3 Å². The van der Waals surface area contributed by atoms with E-state index in [4.69, 9.17) is 9.47 Å². The fourth-order valence-corrected chi connectivity index (χ4v) is 5.32. The molecule has 2 aliphatic rings. The van der Waals surface area contributed by atoms with Crippen LogP contribution >= 0.6 is 0 Å². The number of Topliss-reactive ketones (excluding diaryl/α,β-unsaturated/α-hetero) is 1. The van der Waals surface area contributed by atoms with E-state index in [1.165, 1.54) is 26.4 Å². The van der Waals surface area contributed by atoms with Crippen LogP contribution < -0.4 is 14.8 Å². The third-order valence-electron chi connectivity index (χ3n) is 7.11. The van der Waals surface area contributed by atoms with E-state index in [1.807, 2.05) is 0 Å². The SMILES string of the molecule is COc1cccc(CN2C(=O)[C@@](NC(=O)c3cccc(C(F)(F)F)c3)(C(F)(F)F)C3=C2CC(C)(C)CC3=O)c1OC. The average Bonchev–Trinajstić information content (AvgIpc) is 3.10. The lowest BCUT2D eigenvalue weighted by Gasteiger charge is -2.35. The van der Waals surface area contributed by atoms with E-state index in [0.717, 1.165) is 17.0 Å². The maximum Gasteiger partial charge on any atom is 0.425 e. The summed E-state index contributed by atoms with van der Waals surface area (Å²) in [6.45, 7) is 2.83. The van der Waals surface area contributed by atoms with Crippen molar-refractivity contribution in [3.8, 4) is 11.5 Å². The number of hydrogen-bond acceptors (Lipinski definition) is 5. The summed E-state index contributed by atoms with van der Waals surface area (Å²) in [7, 11) is 2.66. The Labute approximate surface area is 231 Å². The Balaban J connectivity index is 1.88. The molecule has 1 N–H and O–H groups in total. The number of ketones is 1. The van der Waals surface area contributed by atoms with Crippen LogP contribution in [0.4, 0.5) is 26.3 Å². The van der Waals surface area contributed by atoms with Crippen molar-refractivity contribution < 1.29 is 50.2 Å². The number of ether oxygens (including phenoxy) is 2. The number of benzene rings is 2. The monoisotopic (exact) mass is 584 g/mol. The maximum atomic E-state index is 15.1. The van der Waals surface area contributed by atoms with Gasteiger partial charge in [-0.2, -0.15) is 26.3 Å². The topological polar surface area (TPSA) is 84.9 Å². The highest BCUT2D eigenvalue weighted by molar-refractivity contribution is 6.14. The Kier molecular flexibility index (Phi) is 7.38. The van der Waals surface area contributed by atoms with Gasteiger partial charge >= 0.3 is 12.4 Å². The van der Waals surface area contributed by atoms with Gasteiger partial charge in [0.25, 0.3) is 11.8 Å². The second kappa shape index (κ2) is 10.1. The number of halogens is 6. The van der Waals surface area contributed by atoms with Crippen molar-refractivity contribution in [3.05, 3.63) is 70.4 Å². The zero-order valence-corrected chi connectivity index (χ0v) is 22.4. The zero-order chi connectivity index (χ0) is 30.5. The Hall–Kier alpha value is -4.03. The molecule has 2 aromatic carbocycles. The minimum Gasteiger partial charge on any atom is -0.493 e. The zero-order valence-electron chi connectivity index (χ0n) is 22.4. The Morgan fingerprint density at radius 3 is 2.22 bits per heavy atom. The first-order chi connectivity index (χ1) is 19.0. The first-order valence-corrected chi connectivity index (χ1v) is 12.3. The molecule has 2 aromatic rings. The molecular formula is C28H26F6N2O5. The van der Waals surface area contributed by atoms with Crippen molar-refractivity contribution in [2.75, 3.05) is 14.2 Å². The van der Waals surface area contributed by atoms with Crippen LogP contribution in [0.15, 0.2) is 53.7 Å². The Morgan fingerprint density at radius 2 is 1.63 bits per heavy atom. The number of carbonyl (C=O) groups excluding carboxylic acids is 3. The van der Waals surface area contributed by atoms with Gasteiger partial charge in [0.15, 0.2) is 17.3 Å². The highest BCUT2D eigenvalue weighted by atomic mass is 19.4. The summed E-state index contributed by atoms with van der Waals surface area (Å²) in [5, 5.41) is 1.64. The van der Waals surface area contributed by atoms with Crippen molar-refractivity contribution in [2.24, 2.45) is 5.41 Å².